The van der Waals surface area contributed by atoms with Crippen molar-refractivity contribution >= 4 is 10.0 Å². The van der Waals surface area contributed by atoms with E-state index in [-0.39, 0.29) is 5.25 Å². The highest BCUT2D eigenvalue weighted by molar-refractivity contribution is 7.89. The minimum Gasteiger partial charge on any atom is -0.381 e. The van der Waals surface area contributed by atoms with E-state index in [2.05, 4.69) is 10.2 Å². The van der Waals surface area contributed by atoms with Crippen molar-refractivity contribution in [2.75, 3.05) is 26.3 Å². The molecule has 7 heteroatoms. The minimum absolute atomic E-state index is 0.301. The van der Waals surface area contributed by atoms with Crippen LogP contribution in [0.15, 0.2) is 30.3 Å². The van der Waals surface area contributed by atoms with Crippen LogP contribution >= 0.6 is 0 Å². The summed E-state index contributed by atoms with van der Waals surface area (Å²) in [6, 6.07) is 10.1. The third-order valence-corrected chi connectivity index (χ3v) is 7.57. The first-order chi connectivity index (χ1) is 12.2. The maximum absolute atomic E-state index is 13.0. The highest BCUT2D eigenvalue weighted by Gasteiger charge is 2.34. The Morgan fingerprint density at radius 3 is 2.56 bits per heavy atom. The van der Waals surface area contributed by atoms with E-state index >= 15 is 0 Å². The number of hydrogen-bond donors (Lipinski definition) is 1. The SMILES string of the molecule is O=S(=O)(C1CCOCC1)N1CCc2[nH]nc(-c3ccccc3)c2CC1. The summed E-state index contributed by atoms with van der Waals surface area (Å²) in [5.41, 5.74) is 4.22. The second-order valence-corrected chi connectivity index (χ2v) is 8.86. The zero-order chi connectivity index (χ0) is 17.3. The molecule has 6 nitrogen and oxygen atoms in total. The number of rotatable bonds is 3. The lowest BCUT2D eigenvalue weighted by atomic mass is 10.0. The molecule has 25 heavy (non-hydrogen) atoms. The van der Waals surface area contributed by atoms with Crippen LogP contribution in [0, 0.1) is 0 Å². The molecule has 0 saturated carbocycles. The van der Waals surface area contributed by atoms with E-state index < -0.39 is 10.0 Å². The van der Waals surface area contributed by atoms with Crippen molar-refractivity contribution in [3.05, 3.63) is 41.6 Å². The fraction of sp³-hybridized carbons (Fsp3) is 0.500. The first-order valence-corrected chi connectivity index (χ1v) is 10.3. The molecule has 1 saturated heterocycles. The van der Waals surface area contributed by atoms with Gasteiger partial charge < -0.3 is 4.74 Å². The van der Waals surface area contributed by atoms with Gasteiger partial charge in [-0.05, 0) is 19.3 Å². The van der Waals surface area contributed by atoms with Crippen LogP contribution in [0.25, 0.3) is 11.3 Å². The van der Waals surface area contributed by atoms with E-state index in [4.69, 9.17) is 4.74 Å². The Labute approximate surface area is 148 Å². The Morgan fingerprint density at radius 1 is 1.08 bits per heavy atom. The molecule has 2 aliphatic heterocycles. The van der Waals surface area contributed by atoms with Crippen LogP contribution in [0.5, 0.6) is 0 Å². The third-order valence-electron chi connectivity index (χ3n) is 5.17. The number of ether oxygens (including phenoxy) is 1. The molecule has 2 aromatic rings. The number of benzene rings is 1. The van der Waals surface area contributed by atoms with Crippen molar-refractivity contribution in [3.8, 4) is 11.3 Å². The maximum Gasteiger partial charge on any atom is 0.217 e. The van der Waals surface area contributed by atoms with Gasteiger partial charge in [0.2, 0.25) is 10.0 Å². The van der Waals surface area contributed by atoms with Gasteiger partial charge in [0.05, 0.1) is 10.9 Å². The predicted octanol–water partition coefficient (Wildman–Crippen LogP) is 1.99. The molecule has 0 amide bonds. The molecule has 134 valence electrons. The molecular formula is C18H23N3O3S. The molecule has 0 unspecified atom stereocenters. The zero-order valence-corrected chi connectivity index (χ0v) is 15.0. The first-order valence-electron chi connectivity index (χ1n) is 8.84. The Hall–Kier alpha value is -1.70. The average Bonchev–Trinajstić information content (AvgIpc) is 2.93. The summed E-state index contributed by atoms with van der Waals surface area (Å²) in [6.07, 6.45) is 2.57. The molecule has 0 atom stereocenters. The molecule has 1 fully saturated rings. The maximum atomic E-state index is 13.0. The summed E-state index contributed by atoms with van der Waals surface area (Å²) in [5, 5.41) is 7.30. The van der Waals surface area contributed by atoms with Crippen molar-refractivity contribution < 1.29 is 13.2 Å². The van der Waals surface area contributed by atoms with E-state index in [0.717, 1.165) is 22.5 Å². The van der Waals surface area contributed by atoms with Gasteiger partial charge in [0.1, 0.15) is 0 Å². The van der Waals surface area contributed by atoms with E-state index in [1.54, 1.807) is 4.31 Å². The number of fused-ring (bicyclic) bond motifs is 1. The van der Waals surface area contributed by atoms with Gasteiger partial charge >= 0.3 is 0 Å². The number of aromatic nitrogens is 2. The van der Waals surface area contributed by atoms with E-state index in [9.17, 15) is 8.42 Å². The number of nitrogens with one attached hydrogen (secondary N) is 1. The summed E-state index contributed by atoms with van der Waals surface area (Å²) in [4.78, 5) is 0. The van der Waals surface area contributed by atoms with Crippen LogP contribution in [0.2, 0.25) is 0 Å². The van der Waals surface area contributed by atoms with Gasteiger partial charge in [-0.1, -0.05) is 30.3 Å². The summed E-state index contributed by atoms with van der Waals surface area (Å²) in [7, 11) is -3.26. The smallest absolute Gasteiger partial charge is 0.217 e. The quantitative estimate of drug-likeness (QED) is 0.907. The number of sulfonamides is 1. The van der Waals surface area contributed by atoms with Crippen molar-refractivity contribution in [2.45, 2.75) is 30.9 Å². The fourth-order valence-electron chi connectivity index (χ4n) is 3.74. The molecule has 3 heterocycles. The van der Waals surface area contributed by atoms with E-state index in [0.29, 0.717) is 52.0 Å². The van der Waals surface area contributed by atoms with Gasteiger partial charge in [-0.15, -0.1) is 0 Å². The van der Waals surface area contributed by atoms with Gasteiger partial charge in [0, 0.05) is 49.5 Å². The predicted molar refractivity (Wildman–Crippen MR) is 95.8 cm³/mol. The molecule has 0 aliphatic carbocycles. The lowest BCUT2D eigenvalue weighted by molar-refractivity contribution is 0.0972. The minimum atomic E-state index is -3.26. The third kappa shape index (κ3) is 3.23. The number of hydrogen-bond acceptors (Lipinski definition) is 4. The van der Waals surface area contributed by atoms with Crippen LogP contribution in [0.3, 0.4) is 0 Å². The monoisotopic (exact) mass is 361 g/mol. The van der Waals surface area contributed by atoms with Gasteiger partial charge in [-0.2, -0.15) is 5.10 Å². The zero-order valence-electron chi connectivity index (χ0n) is 14.1. The Morgan fingerprint density at radius 2 is 1.80 bits per heavy atom. The van der Waals surface area contributed by atoms with Crippen molar-refractivity contribution in [2.24, 2.45) is 0 Å². The second-order valence-electron chi connectivity index (χ2n) is 6.65. The Kier molecular flexibility index (Phi) is 4.62. The summed E-state index contributed by atoms with van der Waals surface area (Å²) in [6.45, 7) is 2.12. The summed E-state index contributed by atoms with van der Waals surface area (Å²) in [5.74, 6) is 0. The van der Waals surface area contributed by atoms with E-state index in [1.807, 2.05) is 30.3 Å². The van der Waals surface area contributed by atoms with Crippen LogP contribution < -0.4 is 0 Å². The molecule has 0 bridgehead atoms. The number of H-pyrrole nitrogens is 1. The summed E-state index contributed by atoms with van der Waals surface area (Å²) < 4.78 is 32.9. The highest BCUT2D eigenvalue weighted by Crippen LogP contribution is 2.28. The van der Waals surface area contributed by atoms with Crippen molar-refractivity contribution in [1.82, 2.24) is 14.5 Å². The number of nitrogens with zero attached hydrogens (tertiary/aromatic N) is 2. The topological polar surface area (TPSA) is 75.3 Å². The highest BCUT2D eigenvalue weighted by atomic mass is 32.2. The van der Waals surface area contributed by atoms with Crippen LogP contribution in [0.1, 0.15) is 24.1 Å². The molecule has 0 radical (unpaired) electrons. The molecular weight excluding hydrogens is 338 g/mol. The Bertz CT molecular complexity index is 827. The van der Waals surface area contributed by atoms with Crippen LogP contribution in [0.4, 0.5) is 0 Å². The Balaban J connectivity index is 1.55. The fourth-order valence-corrected chi connectivity index (χ4v) is 5.64. The second kappa shape index (κ2) is 6.90. The lowest BCUT2D eigenvalue weighted by Crippen LogP contribution is -2.42. The molecule has 4 rings (SSSR count). The van der Waals surface area contributed by atoms with Crippen LogP contribution in [-0.4, -0.2) is 54.5 Å². The molecule has 2 aliphatic rings. The molecule has 1 aromatic heterocycles. The average molecular weight is 361 g/mol. The standard InChI is InChI=1S/C18H23N3O3S/c22-25(23,15-8-12-24-13-9-15)21-10-6-16-17(7-11-21)19-20-18(16)14-4-2-1-3-5-14/h1-5,15H,6-13H2,(H,19,20). The van der Waals surface area contributed by atoms with Gasteiger partial charge in [-0.3, -0.25) is 5.10 Å². The lowest BCUT2D eigenvalue weighted by Gasteiger charge is -2.28. The van der Waals surface area contributed by atoms with Crippen molar-refractivity contribution in [3.63, 3.8) is 0 Å². The molecule has 0 spiro atoms. The number of aromatic amines is 1. The van der Waals surface area contributed by atoms with E-state index in [1.165, 1.54) is 0 Å². The first kappa shape index (κ1) is 16.8. The summed E-state index contributed by atoms with van der Waals surface area (Å²) >= 11 is 0. The molecule has 1 N–H and O–H groups in total. The van der Waals surface area contributed by atoms with Crippen LogP contribution in [-0.2, 0) is 27.6 Å². The van der Waals surface area contributed by atoms with Gasteiger partial charge in [0.15, 0.2) is 0 Å². The largest absolute Gasteiger partial charge is 0.381 e. The van der Waals surface area contributed by atoms with Gasteiger partial charge in [-0.25, -0.2) is 12.7 Å². The molecule has 1 aromatic carbocycles. The normalized spacial score (nSPS) is 20.2. The van der Waals surface area contributed by atoms with Crippen molar-refractivity contribution in [1.29, 1.82) is 0 Å². The van der Waals surface area contributed by atoms with Gasteiger partial charge in [0.25, 0.3) is 0 Å².